The summed E-state index contributed by atoms with van der Waals surface area (Å²) in [5.41, 5.74) is 2.10. The normalized spacial score (nSPS) is 10.7. The van der Waals surface area contributed by atoms with Crippen molar-refractivity contribution in [1.29, 1.82) is 0 Å². The molecule has 0 aliphatic rings. The summed E-state index contributed by atoms with van der Waals surface area (Å²) in [6.07, 6.45) is 1.79. The second kappa shape index (κ2) is 5.72. The van der Waals surface area contributed by atoms with Gasteiger partial charge in [-0.15, -0.1) is 0 Å². The van der Waals surface area contributed by atoms with Crippen LogP contribution in [0.2, 0.25) is 0 Å². The minimum atomic E-state index is -0.406. The molecule has 0 spiro atoms. The lowest BCUT2D eigenvalue weighted by Crippen LogP contribution is -1.89. The quantitative estimate of drug-likeness (QED) is 0.468. The van der Waals surface area contributed by atoms with Crippen LogP contribution in [-0.4, -0.2) is 11.1 Å². The Morgan fingerprint density at radius 3 is 2.33 bits per heavy atom. The van der Waals surface area contributed by atoms with E-state index in [0.717, 1.165) is 11.1 Å². The van der Waals surface area contributed by atoms with Crippen LogP contribution in [0.5, 0.6) is 0 Å². The summed E-state index contributed by atoms with van der Waals surface area (Å²) in [5.74, 6) is 0. The fourth-order valence-corrected chi connectivity index (χ4v) is 1.52. The number of rotatable bonds is 4. The van der Waals surface area contributed by atoms with E-state index in [0.29, 0.717) is 6.54 Å². The monoisotopic (exact) mass is 240 g/mol. The molecule has 0 unspecified atom stereocenters. The molecule has 18 heavy (non-hydrogen) atoms. The smallest absolute Gasteiger partial charge is 0.269 e. The number of nitrogens with zero attached hydrogens (tertiary/aromatic N) is 2. The third-order valence-corrected chi connectivity index (χ3v) is 2.46. The van der Waals surface area contributed by atoms with Gasteiger partial charge < -0.3 is 0 Å². The van der Waals surface area contributed by atoms with E-state index < -0.39 is 4.92 Å². The molecule has 0 aromatic heterocycles. The molecule has 0 saturated carbocycles. The molecule has 0 amide bonds. The molecule has 2 rings (SSSR count). The van der Waals surface area contributed by atoms with Gasteiger partial charge in [0.1, 0.15) is 0 Å². The fourth-order valence-electron chi connectivity index (χ4n) is 1.52. The largest absolute Gasteiger partial charge is 0.288 e. The Balaban J connectivity index is 1.98. The van der Waals surface area contributed by atoms with Gasteiger partial charge in [-0.2, -0.15) is 0 Å². The molecule has 2 aromatic carbocycles. The molecule has 0 radical (unpaired) electrons. The van der Waals surface area contributed by atoms with Gasteiger partial charge >= 0.3 is 0 Å². The zero-order valence-electron chi connectivity index (χ0n) is 9.69. The lowest BCUT2D eigenvalue weighted by molar-refractivity contribution is -0.384. The van der Waals surface area contributed by atoms with Crippen molar-refractivity contribution in [3.05, 3.63) is 75.8 Å². The van der Waals surface area contributed by atoms with E-state index in [2.05, 4.69) is 4.99 Å². The Hall–Kier alpha value is -2.49. The van der Waals surface area contributed by atoms with Crippen molar-refractivity contribution in [3.63, 3.8) is 0 Å². The van der Waals surface area contributed by atoms with E-state index in [-0.39, 0.29) is 5.69 Å². The van der Waals surface area contributed by atoms with E-state index in [1.54, 1.807) is 18.3 Å². The van der Waals surface area contributed by atoms with Crippen molar-refractivity contribution >= 4 is 11.9 Å². The van der Waals surface area contributed by atoms with E-state index in [4.69, 9.17) is 0 Å². The van der Waals surface area contributed by atoms with E-state index >= 15 is 0 Å². The van der Waals surface area contributed by atoms with Crippen LogP contribution in [-0.2, 0) is 6.54 Å². The lowest BCUT2D eigenvalue weighted by atomic mass is 10.2. The van der Waals surface area contributed by atoms with Gasteiger partial charge in [-0.3, -0.25) is 15.1 Å². The number of benzene rings is 2. The molecule has 0 saturated heterocycles. The van der Waals surface area contributed by atoms with Crippen LogP contribution in [0.25, 0.3) is 0 Å². The van der Waals surface area contributed by atoms with Gasteiger partial charge in [-0.05, 0) is 11.1 Å². The predicted molar refractivity (Wildman–Crippen MR) is 70.8 cm³/mol. The number of aliphatic imine (C=N–C) groups is 1. The van der Waals surface area contributed by atoms with Gasteiger partial charge in [0.05, 0.1) is 11.5 Å². The second-order valence-electron chi connectivity index (χ2n) is 3.80. The zero-order valence-corrected chi connectivity index (χ0v) is 9.69. The minimum Gasteiger partial charge on any atom is -0.288 e. The highest BCUT2D eigenvalue weighted by molar-refractivity contribution is 5.79. The van der Waals surface area contributed by atoms with Crippen molar-refractivity contribution in [2.45, 2.75) is 6.54 Å². The summed E-state index contributed by atoms with van der Waals surface area (Å²) in [5, 5.41) is 10.5. The van der Waals surface area contributed by atoms with E-state index in [9.17, 15) is 10.1 Å². The van der Waals surface area contributed by atoms with Crippen LogP contribution in [0.1, 0.15) is 11.1 Å². The first kappa shape index (κ1) is 12.0. The molecule has 4 nitrogen and oxygen atoms in total. The van der Waals surface area contributed by atoms with Crippen LogP contribution in [0.15, 0.2) is 59.6 Å². The molecular weight excluding hydrogens is 228 g/mol. The van der Waals surface area contributed by atoms with Crippen molar-refractivity contribution in [2.75, 3.05) is 0 Å². The fraction of sp³-hybridized carbons (Fsp3) is 0.0714. The molecule has 2 aromatic rings. The summed E-state index contributed by atoms with van der Waals surface area (Å²) < 4.78 is 0. The minimum absolute atomic E-state index is 0.103. The number of hydrogen-bond acceptors (Lipinski definition) is 3. The molecule has 0 heterocycles. The highest BCUT2D eigenvalue weighted by atomic mass is 16.6. The van der Waals surface area contributed by atoms with Crippen LogP contribution in [0.4, 0.5) is 5.69 Å². The average Bonchev–Trinajstić information content (AvgIpc) is 2.40. The topological polar surface area (TPSA) is 55.5 Å². The van der Waals surface area contributed by atoms with Crippen molar-refractivity contribution in [3.8, 4) is 0 Å². The van der Waals surface area contributed by atoms with Crippen LogP contribution in [0.3, 0.4) is 0 Å². The first-order valence-electron chi connectivity index (χ1n) is 5.54. The van der Waals surface area contributed by atoms with Crippen LogP contribution in [0, 0.1) is 10.1 Å². The SMILES string of the molecule is O=[N+]([O-])c1ccc(C/N=C/c2ccccc2)cc1. The summed E-state index contributed by atoms with van der Waals surface area (Å²) in [4.78, 5) is 14.4. The predicted octanol–water partition coefficient (Wildman–Crippen LogP) is 3.21. The first-order chi connectivity index (χ1) is 8.75. The number of nitro benzene ring substituents is 1. The molecular formula is C14H12N2O2. The zero-order chi connectivity index (χ0) is 12.8. The molecule has 4 heteroatoms. The van der Waals surface area contributed by atoms with Crippen molar-refractivity contribution in [1.82, 2.24) is 0 Å². The Morgan fingerprint density at radius 2 is 1.72 bits per heavy atom. The highest BCUT2D eigenvalue weighted by Crippen LogP contribution is 2.12. The Morgan fingerprint density at radius 1 is 1.06 bits per heavy atom. The number of hydrogen-bond donors (Lipinski definition) is 0. The van der Waals surface area contributed by atoms with Gasteiger partial charge in [-0.1, -0.05) is 42.5 Å². The number of non-ortho nitro benzene ring substituents is 1. The third-order valence-electron chi connectivity index (χ3n) is 2.46. The van der Waals surface area contributed by atoms with Crippen LogP contribution >= 0.6 is 0 Å². The van der Waals surface area contributed by atoms with Crippen molar-refractivity contribution in [2.24, 2.45) is 4.99 Å². The third kappa shape index (κ3) is 3.25. The molecule has 0 N–H and O–H groups in total. The molecule has 0 aliphatic carbocycles. The summed E-state index contributed by atoms with van der Waals surface area (Å²) in [6, 6.07) is 16.2. The molecule has 0 aliphatic heterocycles. The maximum atomic E-state index is 10.5. The Bertz CT molecular complexity index is 548. The second-order valence-corrected chi connectivity index (χ2v) is 3.80. The molecule has 0 bridgehead atoms. The summed E-state index contributed by atoms with van der Waals surface area (Å²) in [7, 11) is 0. The summed E-state index contributed by atoms with van der Waals surface area (Å²) >= 11 is 0. The van der Waals surface area contributed by atoms with Gasteiger partial charge in [0.2, 0.25) is 0 Å². The van der Waals surface area contributed by atoms with Gasteiger partial charge in [0, 0.05) is 18.3 Å². The lowest BCUT2D eigenvalue weighted by Gasteiger charge is -1.96. The van der Waals surface area contributed by atoms with E-state index in [1.807, 2.05) is 30.3 Å². The summed E-state index contributed by atoms with van der Waals surface area (Å²) in [6.45, 7) is 0.521. The highest BCUT2D eigenvalue weighted by Gasteiger charge is 2.02. The first-order valence-corrected chi connectivity index (χ1v) is 5.54. The van der Waals surface area contributed by atoms with E-state index in [1.165, 1.54) is 12.1 Å². The van der Waals surface area contributed by atoms with Gasteiger partial charge in [-0.25, -0.2) is 0 Å². The Kier molecular flexibility index (Phi) is 3.81. The Labute approximate surface area is 105 Å². The molecule has 0 fully saturated rings. The molecule has 90 valence electrons. The van der Waals surface area contributed by atoms with Gasteiger partial charge in [0.15, 0.2) is 0 Å². The maximum absolute atomic E-state index is 10.5. The standard InChI is InChI=1S/C14H12N2O2/c17-16(18)14-8-6-13(7-9-14)11-15-10-12-4-2-1-3-5-12/h1-10H,11H2/b15-10+. The van der Waals surface area contributed by atoms with Gasteiger partial charge in [0.25, 0.3) is 5.69 Å². The maximum Gasteiger partial charge on any atom is 0.269 e. The van der Waals surface area contributed by atoms with Crippen molar-refractivity contribution < 1.29 is 4.92 Å². The number of nitro groups is 1. The molecule has 0 atom stereocenters. The average molecular weight is 240 g/mol. The van der Waals surface area contributed by atoms with Crippen LogP contribution < -0.4 is 0 Å².